The minimum atomic E-state index is 0.366. The second-order valence-corrected chi connectivity index (χ2v) is 8.88. The van der Waals surface area contributed by atoms with Crippen molar-refractivity contribution >= 4 is 17.8 Å². The number of methoxy groups -OCH3 is 4. The summed E-state index contributed by atoms with van der Waals surface area (Å²) in [5, 5.41) is 10.2. The Labute approximate surface area is 218 Å². The zero-order chi connectivity index (χ0) is 26.0. The molecule has 1 saturated carbocycles. The second-order valence-electron chi connectivity index (χ2n) is 8.88. The number of nitrogens with one attached hydrogen (secondary N) is 3. The summed E-state index contributed by atoms with van der Waals surface area (Å²) >= 11 is 0. The Morgan fingerprint density at radius 2 is 1.32 bits per heavy atom. The van der Waals surface area contributed by atoms with E-state index in [1.807, 2.05) is 36.4 Å². The molecular weight excluding hydrogens is 472 g/mol. The molecule has 0 amide bonds. The molecule has 2 aromatic carbocycles. The summed E-state index contributed by atoms with van der Waals surface area (Å²) in [6, 6.07) is 12.1. The highest BCUT2D eigenvalue weighted by Crippen LogP contribution is 2.38. The molecule has 1 aliphatic rings. The van der Waals surface area contributed by atoms with Gasteiger partial charge in [0.25, 0.3) is 0 Å². The van der Waals surface area contributed by atoms with Crippen molar-refractivity contribution in [1.29, 1.82) is 0 Å². The highest BCUT2D eigenvalue weighted by molar-refractivity contribution is 5.54. The Balaban J connectivity index is 1.53. The predicted octanol–water partition coefficient (Wildman–Crippen LogP) is 4.87. The first kappa shape index (κ1) is 26.1. The first-order valence-electron chi connectivity index (χ1n) is 12.5. The van der Waals surface area contributed by atoms with Gasteiger partial charge in [0.05, 0.1) is 28.4 Å². The van der Waals surface area contributed by atoms with Crippen molar-refractivity contribution in [2.24, 2.45) is 0 Å². The highest BCUT2D eigenvalue weighted by atomic mass is 16.5. The van der Waals surface area contributed by atoms with Crippen LogP contribution in [-0.4, -0.2) is 49.4 Å². The molecule has 0 radical (unpaired) electrons. The molecule has 37 heavy (non-hydrogen) atoms. The van der Waals surface area contributed by atoms with Crippen LogP contribution in [0.2, 0.25) is 0 Å². The zero-order valence-corrected chi connectivity index (χ0v) is 22.0. The lowest BCUT2D eigenvalue weighted by Gasteiger charge is -2.23. The molecule has 10 nitrogen and oxygen atoms in total. The summed E-state index contributed by atoms with van der Waals surface area (Å²) in [7, 11) is 6.45. The van der Waals surface area contributed by atoms with E-state index in [1.54, 1.807) is 28.4 Å². The third-order valence-electron chi connectivity index (χ3n) is 6.33. The van der Waals surface area contributed by atoms with Gasteiger partial charge >= 0.3 is 0 Å². The van der Waals surface area contributed by atoms with Gasteiger partial charge in [0, 0.05) is 19.1 Å². The third kappa shape index (κ3) is 7.05. The van der Waals surface area contributed by atoms with Gasteiger partial charge in [-0.2, -0.15) is 15.0 Å². The van der Waals surface area contributed by atoms with Crippen molar-refractivity contribution in [2.45, 2.75) is 51.2 Å². The van der Waals surface area contributed by atoms with E-state index >= 15 is 0 Å². The molecule has 1 heterocycles. The fourth-order valence-electron chi connectivity index (χ4n) is 4.41. The van der Waals surface area contributed by atoms with Crippen LogP contribution >= 0.6 is 0 Å². The maximum absolute atomic E-state index is 5.48. The maximum atomic E-state index is 5.48. The number of nitrogens with zero attached hydrogens (tertiary/aromatic N) is 3. The summed E-state index contributed by atoms with van der Waals surface area (Å²) in [5.41, 5.74) is 2.00. The first-order valence-corrected chi connectivity index (χ1v) is 12.5. The number of anilines is 3. The van der Waals surface area contributed by atoms with Gasteiger partial charge in [0.1, 0.15) is 5.75 Å². The normalized spacial score (nSPS) is 13.5. The van der Waals surface area contributed by atoms with Crippen LogP contribution in [0.3, 0.4) is 0 Å². The quantitative estimate of drug-likeness (QED) is 0.313. The summed E-state index contributed by atoms with van der Waals surface area (Å²) in [6.45, 7) is 1.01. The minimum Gasteiger partial charge on any atom is -0.497 e. The molecule has 3 N–H and O–H groups in total. The van der Waals surface area contributed by atoms with E-state index in [0.717, 1.165) is 29.7 Å². The molecule has 0 bridgehead atoms. The largest absolute Gasteiger partial charge is 0.497 e. The van der Waals surface area contributed by atoms with E-state index in [1.165, 1.54) is 19.3 Å². The third-order valence-corrected chi connectivity index (χ3v) is 6.33. The molecule has 0 saturated heterocycles. The molecule has 198 valence electrons. The lowest BCUT2D eigenvalue weighted by molar-refractivity contribution is 0.324. The van der Waals surface area contributed by atoms with Gasteiger partial charge in [-0.05, 0) is 48.2 Å². The Morgan fingerprint density at radius 3 is 1.92 bits per heavy atom. The average Bonchev–Trinajstić information content (AvgIpc) is 2.95. The van der Waals surface area contributed by atoms with Crippen LogP contribution in [0.5, 0.6) is 23.0 Å². The number of aromatic nitrogens is 3. The summed E-state index contributed by atoms with van der Waals surface area (Å²) in [6.07, 6.45) is 5.95. The van der Waals surface area contributed by atoms with Gasteiger partial charge < -0.3 is 34.9 Å². The van der Waals surface area contributed by atoms with Crippen LogP contribution < -0.4 is 34.9 Å². The molecule has 0 atom stereocenters. The van der Waals surface area contributed by atoms with Crippen molar-refractivity contribution in [3.05, 3.63) is 47.5 Å². The number of hydrogen-bond donors (Lipinski definition) is 3. The molecule has 4 rings (SSSR count). The van der Waals surface area contributed by atoms with E-state index in [-0.39, 0.29) is 0 Å². The lowest BCUT2D eigenvalue weighted by Crippen LogP contribution is -2.24. The molecule has 1 fully saturated rings. The van der Waals surface area contributed by atoms with E-state index in [9.17, 15) is 0 Å². The van der Waals surface area contributed by atoms with Gasteiger partial charge in [0.2, 0.25) is 23.6 Å². The minimum absolute atomic E-state index is 0.366. The summed E-state index contributed by atoms with van der Waals surface area (Å²) in [4.78, 5) is 13.9. The van der Waals surface area contributed by atoms with Crippen LogP contribution in [0.25, 0.3) is 0 Å². The van der Waals surface area contributed by atoms with Crippen LogP contribution in [0.15, 0.2) is 36.4 Å². The Bertz CT molecular complexity index is 1140. The Hall–Kier alpha value is -3.95. The van der Waals surface area contributed by atoms with Crippen molar-refractivity contribution < 1.29 is 18.9 Å². The molecular formula is C27H36N6O4. The van der Waals surface area contributed by atoms with E-state index in [0.29, 0.717) is 54.2 Å². The van der Waals surface area contributed by atoms with E-state index in [4.69, 9.17) is 18.9 Å². The second kappa shape index (κ2) is 12.8. The molecule has 0 spiro atoms. The monoisotopic (exact) mass is 508 g/mol. The van der Waals surface area contributed by atoms with Gasteiger partial charge in [-0.3, -0.25) is 0 Å². The molecule has 0 unspecified atom stereocenters. The predicted molar refractivity (Wildman–Crippen MR) is 144 cm³/mol. The standard InChI is InChI=1S/C27H36N6O4/c1-34-21-12-8-9-18(13-21)16-28-25-31-26(33-27(32-25)30-20-10-6-5-7-11-20)29-17-19-14-22(35-2)24(37-4)23(15-19)36-3/h8-9,12-15,20H,5-7,10-11,16-17H2,1-4H3,(H3,28,29,30,31,32,33). The smallest absolute Gasteiger partial charge is 0.229 e. The fraction of sp³-hybridized carbons (Fsp3) is 0.444. The number of benzene rings is 2. The van der Waals surface area contributed by atoms with E-state index in [2.05, 4.69) is 30.9 Å². The van der Waals surface area contributed by atoms with Crippen LogP contribution in [0, 0.1) is 0 Å². The van der Waals surface area contributed by atoms with Crippen molar-refractivity contribution in [1.82, 2.24) is 15.0 Å². The number of ether oxygens (including phenoxy) is 4. The lowest BCUT2D eigenvalue weighted by atomic mass is 9.96. The summed E-state index contributed by atoms with van der Waals surface area (Å²) < 4.78 is 21.7. The molecule has 0 aliphatic heterocycles. The average molecular weight is 509 g/mol. The van der Waals surface area contributed by atoms with Crippen LogP contribution in [-0.2, 0) is 13.1 Å². The van der Waals surface area contributed by atoms with Gasteiger partial charge in [-0.25, -0.2) is 0 Å². The maximum Gasteiger partial charge on any atom is 0.229 e. The molecule has 1 aliphatic carbocycles. The van der Waals surface area contributed by atoms with Crippen LogP contribution in [0.4, 0.5) is 17.8 Å². The molecule has 1 aromatic heterocycles. The topological polar surface area (TPSA) is 112 Å². The molecule has 10 heteroatoms. The number of hydrogen-bond acceptors (Lipinski definition) is 10. The van der Waals surface area contributed by atoms with E-state index < -0.39 is 0 Å². The molecule has 3 aromatic rings. The fourth-order valence-corrected chi connectivity index (χ4v) is 4.41. The highest BCUT2D eigenvalue weighted by Gasteiger charge is 2.17. The van der Waals surface area contributed by atoms with Crippen molar-refractivity contribution in [3.63, 3.8) is 0 Å². The van der Waals surface area contributed by atoms with Gasteiger partial charge in [-0.1, -0.05) is 31.4 Å². The first-order chi connectivity index (χ1) is 18.1. The summed E-state index contributed by atoms with van der Waals surface area (Å²) in [5.74, 6) is 4.06. The van der Waals surface area contributed by atoms with Crippen LogP contribution in [0.1, 0.15) is 43.2 Å². The zero-order valence-electron chi connectivity index (χ0n) is 22.0. The van der Waals surface area contributed by atoms with Crippen molar-refractivity contribution in [2.75, 3.05) is 44.4 Å². The SMILES string of the molecule is COc1cccc(CNc2nc(NCc3cc(OC)c(OC)c(OC)c3)nc(NC3CCCCC3)n2)c1. The van der Waals surface area contributed by atoms with Crippen molar-refractivity contribution in [3.8, 4) is 23.0 Å². The van der Waals surface area contributed by atoms with Gasteiger partial charge in [-0.15, -0.1) is 0 Å². The Morgan fingerprint density at radius 1 is 0.703 bits per heavy atom. The number of rotatable bonds is 12. The Kier molecular flexibility index (Phi) is 9.07. The van der Waals surface area contributed by atoms with Gasteiger partial charge in [0.15, 0.2) is 11.5 Å².